The molecule has 0 bridgehead atoms. The first-order valence-electron chi connectivity index (χ1n) is 13.8. The van der Waals surface area contributed by atoms with Crippen molar-refractivity contribution in [2.24, 2.45) is 5.92 Å². The Kier molecular flexibility index (Phi) is 10.2. The summed E-state index contributed by atoms with van der Waals surface area (Å²) in [5.74, 6) is -0.470. The molecule has 3 aromatic carbocycles. The second kappa shape index (κ2) is 13.5. The zero-order valence-electron chi connectivity index (χ0n) is 24.8. The van der Waals surface area contributed by atoms with Gasteiger partial charge in [-0.3, -0.25) is 9.52 Å². The largest absolute Gasteiger partial charge is 0.497 e. The molecule has 11 nitrogen and oxygen atoms in total. The number of aliphatic hydroxyl groups excluding tert-OH is 1. The number of hydrogen-bond acceptors (Lipinski definition) is 8. The molecule has 4 rings (SSSR count). The maximum Gasteiger partial charge on any atom is 0.261 e. The second-order valence-electron chi connectivity index (χ2n) is 10.7. The molecule has 0 saturated heterocycles. The lowest BCUT2D eigenvalue weighted by molar-refractivity contribution is -0.134. The van der Waals surface area contributed by atoms with E-state index in [0.717, 1.165) is 24.3 Å². The van der Waals surface area contributed by atoms with Crippen molar-refractivity contribution in [1.29, 1.82) is 0 Å². The molecular weight excluding hydrogens is 613 g/mol. The first-order valence-corrected chi connectivity index (χ1v) is 16.8. The van der Waals surface area contributed by atoms with Gasteiger partial charge in [-0.05, 0) is 73.7 Å². The first-order chi connectivity index (χ1) is 20.7. The van der Waals surface area contributed by atoms with Crippen molar-refractivity contribution in [2.75, 3.05) is 38.6 Å². The van der Waals surface area contributed by atoms with E-state index in [2.05, 4.69) is 4.72 Å². The van der Waals surface area contributed by atoms with Crippen molar-refractivity contribution in [1.82, 2.24) is 9.21 Å². The van der Waals surface area contributed by atoms with Gasteiger partial charge in [0.25, 0.3) is 10.0 Å². The highest BCUT2D eigenvalue weighted by Gasteiger charge is 2.33. The fraction of sp³-hybridized carbons (Fsp3) is 0.367. The van der Waals surface area contributed by atoms with Gasteiger partial charge < -0.3 is 19.5 Å². The van der Waals surface area contributed by atoms with Crippen molar-refractivity contribution in [3.8, 4) is 11.5 Å². The molecule has 2 N–H and O–H groups in total. The maximum atomic E-state index is 13.5. The smallest absolute Gasteiger partial charge is 0.261 e. The van der Waals surface area contributed by atoms with Gasteiger partial charge in [0.2, 0.25) is 15.9 Å². The number of amides is 1. The normalized spacial score (nSPS) is 18.4. The molecule has 3 atom stereocenters. The molecule has 0 fully saturated rings. The van der Waals surface area contributed by atoms with Gasteiger partial charge in [-0.2, -0.15) is 4.31 Å². The van der Waals surface area contributed by atoms with Crippen molar-refractivity contribution in [3.63, 3.8) is 0 Å². The third-order valence-corrected chi connectivity index (χ3v) is 10.7. The molecule has 0 radical (unpaired) electrons. The summed E-state index contributed by atoms with van der Waals surface area (Å²) in [4.78, 5) is 14.9. The van der Waals surface area contributed by atoms with Crippen LogP contribution < -0.4 is 14.2 Å². The Morgan fingerprint density at radius 1 is 1.07 bits per heavy atom. The predicted octanol–water partition coefficient (Wildman–Crippen LogP) is 3.10. The molecule has 0 spiro atoms. The predicted molar refractivity (Wildman–Crippen MR) is 162 cm³/mol. The number of aliphatic hydroxyl groups is 1. The van der Waals surface area contributed by atoms with Gasteiger partial charge in [0.1, 0.15) is 23.4 Å². The summed E-state index contributed by atoms with van der Waals surface area (Å²) < 4.78 is 81.1. The summed E-state index contributed by atoms with van der Waals surface area (Å²) in [5, 5.41) is 9.88. The number of ether oxygens (including phenoxy) is 2. The monoisotopic (exact) mass is 649 g/mol. The highest BCUT2D eigenvalue weighted by atomic mass is 32.2. The number of anilines is 1. The van der Waals surface area contributed by atoms with E-state index in [1.165, 1.54) is 53.7 Å². The average molecular weight is 650 g/mol. The quantitative estimate of drug-likeness (QED) is 0.341. The summed E-state index contributed by atoms with van der Waals surface area (Å²) in [6.07, 6.45) is -0.890. The minimum Gasteiger partial charge on any atom is -0.497 e. The highest BCUT2D eigenvalue weighted by molar-refractivity contribution is 7.92. The molecule has 1 aliphatic heterocycles. The molecule has 0 unspecified atom stereocenters. The number of halogens is 1. The minimum atomic E-state index is -4.07. The third-order valence-electron chi connectivity index (χ3n) is 7.50. The zero-order valence-corrected chi connectivity index (χ0v) is 26.4. The Hall–Kier alpha value is -3.72. The Labute approximate surface area is 257 Å². The molecule has 238 valence electrons. The van der Waals surface area contributed by atoms with E-state index in [-0.39, 0.29) is 59.2 Å². The topological polar surface area (TPSA) is 143 Å². The van der Waals surface area contributed by atoms with Crippen molar-refractivity contribution < 1.29 is 40.6 Å². The average Bonchev–Trinajstić information content (AvgIpc) is 3.04. The Balaban J connectivity index is 1.67. The van der Waals surface area contributed by atoms with Gasteiger partial charge in [-0.25, -0.2) is 21.2 Å². The van der Waals surface area contributed by atoms with E-state index >= 15 is 0 Å². The number of likely N-dealkylation sites (N-methyl/N-ethyl adjacent to an activating group) is 1. The summed E-state index contributed by atoms with van der Waals surface area (Å²) in [5.41, 5.74) is 0.512. The van der Waals surface area contributed by atoms with Gasteiger partial charge >= 0.3 is 0 Å². The van der Waals surface area contributed by atoms with E-state index in [0.29, 0.717) is 11.3 Å². The summed E-state index contributed by atoms with van der Waals surface area (Å²) in [6, 6.07) is 14.3. The molecule has 1 aliphatic rings. The molecule has 1 amide bonds. The Morgan fingerprint density at radius 3 is 2.32 bits per heavy atom. The van der Waals surface area contributed by atoms with Gasteiger partial charge in [0, 0.05) is 30.8 Å². The van der Waals surface area contributed by atoms with Crippen LogP contribution in [-0.2, 0) is 31.3 Å². The van der Waals surface area contributed by atoms with Gasteiger partial charge in [-0.1, -0.05) is 6.92 Å². The minimum absolute atomic E-state index is 0.0660. The van der Waals surface area contributed by atoms with E-state index in [1.807, 2.05) is 6.92 Å². The van der Waals surface area contributed by atoms with Crippen LogP contribution in [0.1, 0.15) is 19.4 Å². The van der Waals surface area contributed by atoms with Crippen LogP contribution in [0.3, 0.4) is 0 Å². The summed E-state index contributed by atoms with van der Waals surface area (Å²) >= 11 is 0. The van der Waals surface area contributed by atoms with E-state index in [4.69, 9.17) is 9.47 Å². The fourth-order valence-corrected chi connectivity index (χ4v) is 7.05. The number of sulfonamides is 2. The van der Waals surface area contributed by atoms with Crippen LogP contribution in [0.15, 0.2) is 76.5 Å². The second-order valence-corrected chi connectivity index (χ2v) is 14.5. The Bertz CT molecular complexity index is 1680. The molecule has 0 saturated carbocycles. The molecular formula is C30H36FN3O8S2. The molecule has 3 aromatic rings. The summed E-state index contributed by atoms with van der Waals surface area (Å²) in [7, 11) is -5.07. The SMILES string of the molecule is COc1ccc(S(=O)(=O)N(C)C[C@@H]2Oc3ccc(NS(=O)(=O)c4ccc(F)cc4)cc3CC(=O)N([C@H](C)CO)C[C@H]2C)cc1. The number of fused-ring (bicyclic) bond motifs is 1. The molecule has 14 heteroatoms. The lowest BCUT2D eigenvalue weighted by Crippen LogP contribution is -2.48. The van der Waals surface area contributed by atoms with Crippen LogP contribution in [0.4, 0.5) is 10.1 Å². The lowest BCUT2D eigenvalue weighted by atomic mass is 10.0. The standard InChI is InChI=1S/C30H36FN3O8S2/c1-20-17-34(21(2)19-35)30(36)16-22-15-24(32-43(37,38)26-10-5-23(31)6-11-26)7-14-28(22)42-29(20)18-33(3)44(39,40)27-12-8-25(41-4)9-13-27/h5-15,20-21,29,32,35H,16-19H2,1-4H3/t20-,21-,29+/m1/s1. The number of hydrogen-bond donors (Lipinski definition) is 2. The zero-order chi connectivity index (χ0) is 32.2. The lowest BCUT2D eigenvalue weighted by Gasteiger charge is -2.33. The van der Waals surface area contributed by atoms with Crippen LogP contribution in [-0.4, -0.2) is 83.1 Å². The molecule has 0 aliphatic carbocycles. The highest BCUT2D eigenvalue weighted by Crippen LogP contribution is 2.31. The number of rotatable bonds is 10. The number of nitrogens with one attached hydrogen (secondary N) is 1. The van der Waals surface area contributed by atoms with Gasteiger partial charge in [0.15, 0.2) is 0 Å². The van der Waals surface area contributed by atoms with E-state index < -0.39 is 38.0 Å². The maximum absolute atomic E-state index is 13.5. The molecule has 44 heavy (non-hydrogen) atoms. The van der Waals surface area contributed by atoms with Crippen LogP contribution in [0.5, 0.6) is 11.5 Å². The number of nitrogens with zero attached hydrogens (tertiary/aromatic N) is 2. The number of methoxy groups -OCH3 is 1. The van der Waals surface area contributed by atoms with E-state index in [9.17, 15) is 31.1 Å². The number of carbonyl (C=O) groups excluding carboxylic acids is 1. The van der Waals surface area contributed by atoms with Crippen LogP contribution >= 0.6 is 0 Å². The fourth-order valence-electron chi connectivity index (χ4n) is 4.82. The summed E-state index contributed by atoms with van der Waals surface area (Å²) in [6.45, 7) is 3.36. The van der Waals surface area contributed by atoms with Crippen molar-refractivity contribution in [2.45, 2.75) is 42.2 Å². The molecule has 0 aromatic heterocycles. The Morgan fingerprint density at radius 2 is 1.70 bits per heavy atom. The van der Waals surface area contributed by atoms with Crippen molar-refractivity contribution in [3.05, 3.63) is 78.1 Å². The van der Waals surface area contributed by atoms with Crippen LogP contribution in [0, 0.1) is 11.7 Å². The first kappa shape index (κ1) is 33.2. The van der Waals surface area contributed by atoms with Gasteiger partial charge in [-0.15, -0.1) is 0 Å². The number of carbonyl (C=O) groups is 1. The number of benzene rings is 3. The van der Waals surface area contributed by atoms with Gasteiger partial charge in [0.05, 0.1) is 42.5 Å². The third kappa shape index (κ3) is 7.49. The molecule has 1 heterocycles. The van der Waals surface area contributed by atoms with Crippen molar-refractivity contribution >= 4 is 31.6 Å². The van der Waals surface area contributed by atoms with Crippen LogP contribution in [0.2, 0.25) is 0 Å². The van der Waals surface area contributed by atoms with Crippen LogP contribution in [0.25, 0.3) is 0 Å². The van der Waals surface area contributed by atoms with E-state index in [1.54, 1.807) is 19.1 Å².